The molecule has 2 N–H and O–H groups in total. The summed E-state index contributed by atoms with van der Waals surface area (Å²) >= 11 is 7.87. The summed E-state index contributed by atoms with van der Waals surface area (Å²) in [6.07, 6.45) is 1.39. The van der Waals surface area contributed by atoms with Crippen molar-refractivity contribution in [1.82, 2.24) is 5.43 Å². The van der Waals surface area contributed by atoms with Gasteiger partial charge in [0.05, 0.1) is 15.6 Å². The number of nitrogens with zero attached hydrogens (tertiary/aromatic N) is 1. The summed E-state index contributed by atoms with van der Waals surface area (Å²) in [4.78, 5) is 12.2. The fourth-order valence-corrected chi connectivity index (χ4v) is 3.18. The predicted molar refractivity (Wildman–Crippen MR) is 82.9 cm³/mol. The summed E-state index contributed by atoms with van der Waals surface area (Å²) in [5.74, 6) is -0.211. The fraction of sp³-hybridized carbons (Fsp3) is 0. The Labute approximate surface area is 130 Å². The Balaban J connectivity index is 2.09. The predicted octanol–water partition coefficient (Wildman–Crippen LogP) is 3.74. The highest BCUT2D eigenvalue weighted by Crippen LogP contribution is 2.30. The lowest BCUT2D eigenvalue weighted by Gasteiger charge is -2.02. The molecule has 98 valence electrons. The highest BCUT2D eigenvalue weighted by Gasteiger charge is 2.06. The van der Waals surface area contributed by atoms with Crippen molar-refractivity contribution in [3.05, 3.63) is 49.0 Å². The molecular weight excluding hydrogens is 396 g/mol. The second-order valence-corrected chi connectivity index (χ2v) is 6.22. The van der Waals surface area contributed by atoms with Crippen molar-refractivity contribution >= 4 is 55.3 Å². The number of rotatable bonds is 3. The number of carbonyl (C=O) groups is 1. The molecule has 7 heteroatoms. The molecule has 19 heavy (non-hydrogen) atoms. The third-order valence-electron chi connectivity index (χ3n) is 2.17. The maximum atomic E-state index is 11.6. The van der Waals surface area contributed by atoms with Crippen LogP contribution in [-0.4, -0.2) is 17.2 Å². The summed E-state index contributed by atoms with van der Waals surface area (Å²) in [5, 5.41) is 15.4. The van der Waals surface area contributed by atoms with E-state index in [0.717, 1.165) is 4.47 Å². The van der Waals surface area contributed by atoms with E-state index in [0.29, 0.717) is 14.9 Å². The minimum absolute atomic E-state index is 0.0670. The fourth-order valence-electron chi connectivity index (χ4n) is 1.31. The second-order valence-electron chi connectivity index (χ2n) is 3.50. The molecule has 4 nitrogen and oxygen atoms in total. The molecular formula is C12H8Br2N2O2S. The first-order valence-electron chi connectivity index (χ1n) is 5.13. The van der Waals surface area contributed by atoms with Crippen LogP contribution in [0.1, 0.15) is 15.2 Å². The average molecular weight is 404 g/mol. The number of hydrogen-bond donors (Lipinski definition) is 2. The average Bonchev–Trinajstić information content (AvgIpc) is 2.88. The van der Waals surface area contributed by atoms with E-state index in [1.54, 1.807) is 24.3 Å². The molecule has 0 aliphatic carbocycles. The van der Waals surface area contributed by atoms with Crippen LogP contribution in [0.25, 0.3) is 0 Å². The van der Waals surface area contributed by atoms with Crippen LogP contribution < -0.4 is 5.43 Å². The molecule has 0 fully saturated rings. The van der Waals surface area contributed by atoms with Gasteiger partial charge in [-0.05, 0) is 39.5 Å². The van der Waals surface area contributed by atoms with Crippen molar-refractivity contribution in [2.45, 2.75) is 0 Å². The van der Waals surface area contributed by atoms with E-state index in [4.69, 9.17) is 0 Å². The zero-order chi connectivity index (χ0) is 13.8. The highest BCUT2D eigenvalue weighted by atomic mass is 79.9. The topological polar surface area (TPSA) is 61.7 Å². The molecule has 1 amide bonds. The molecule has 0 spiro atoms. The molecule has 0 radical (unpaired) electrons. The SMILES string of the molecule is O=C(N/N=C/c1cc(Br)cc(Br)c1O)c1cccs1. The van der Waals surface area contributed by atoms with Crippen LogP contribution in [0.3, 0.4) is 0 Å². The molecule has 0 saturated heterocycles. The first kappa shape index (κ1) is 14.2. The Hall–Kier alpha value is -1.18. The van der Waals surface area contributed by atoms with E-state index in [-0.39, 0.29) is 11.7 Å². The van der Waals surface area contributed by atoms with Gasteiger partial charge in [0, 0.05) is 10.0 Å². The van der Waals surface area contributed by atoms with Gasteiger partial charge < -0.3 is 5.11 Å². The van der Waals surface area contributed by atoms with Gasteiger partial charge in [0.25, 0.3) is 5.91 Å². The van der Waals surface area contributed by atoms with Crippen LogP contribution in [-0.2, 0) is 0 Å². The first-order valence-corrected chi connectivity index (χ1v) is 7.59. The number of carbonyl (C=O) groups excluding carboxylic acids is 1. The monoisotopic (exact) mass is 402 g/mol. The number of hydrogen-bond acceptors (Lipinski definition) is 4. The Morgan fingerprint density at radius 3 is 2.89 bits per heavy atom. The smallest absolute Gasteiger partial charge is 0.281 e. The van der Waals surface area contributed by atoms with Crippen LogP contribution in [0, 0.1) is 0 Å². The number of halogens is 2. The molecule has 2 aromatic rings. The van der Waals surface area contributed by atoms with Crippen LogP contribution in [0.5, 0.6) is 5.75 Å². The highest BCUT2D eigenvalue weighted by molar-refractivity contribution is 9.11. The van der Waals surface area contributed by atoms with Gasteiger partial charge in [0.1, 0.15) is 5.75 Å². The molecule has 1 aromatic heterocycles. The van der Waals surface area contributed by atoms with E-state index in [9.17, 15) is 9.90 Å². The Kier molecular flexibility index (Phi) is 4.73. The van der Waals surface area contributed by atoms with Gasteiger partial charge in [-0.25, -0.2) is 5.43 Å². The minimum Gasteiger partial charge on any atom is -0.506 e. The molecule has 1 aromatic carbocycles. The number of aromatic hydroxyl groups is 1. The van der Waals surface area contributed by atoms with E-state index in [1.165, 1.54) is 17.6 Å². The van der Waals surface area contributed by atoms with Crippen molar-refractivity contribution in [2.75, 3.05) is 0 Å². The van der Waals surface area contributed by atoms with E-state index in [2.05, 4.69) is 42.4 Å². The van der Waals surface area contributed by atoms with Gasteiger partial charge in [-0.2, -0.15) is 5.10 Å². The molecule has 0 aliphatic heterocycles. The van der Waals surface area contributed by atoms with Crippen LogP contribution in [0.4, 0.5) is 0 Å². The van der Waals surface area contributed by atoms with Crippen molar-refractivity contribution in [3.8, 4) is 5.75 Å². The number of benzene rings is 1. The first-order chi connectivity index (χ1) is 9.08. The molecule has 0 saturated carbocycles. The number of phenols is 1. The summed E-state index contributed by atoms with van der Waals surface area (Å²) in [5.41, 5.74) is 2.89. The quantitative estimate of drug-likeness (QED) is 0.605. The number of nitrogens with one attached hydrogen (secondary N) is 1. The van der Waals surface area contributed by atoms with E-state index >= 15 is 0 Å². The lowest BCUT2D eigenvalue weighted by Crippen LogP contribution is -2.16. The zero-order valence-electron chi connectivity index (χ0n) is 9.43. The lowest BCUT2D eigenvalue weighted by molar-refractivity contribution is 0.0959. The van der Waals surface area contributed by atoms with Crippen LogP contribution in [0.2, 0.25) is 0 Å². The van der Waals surface area contributed by atoms with Crippen molar-refractivity contribution in [1.29, 1.82) is 0 Å². The Morgan fingerprint density at radius 1 is 1.42 bits per heavy atom. The minimum atomic E-state index is -0.278. The van der Waals surface area contributed by atoms with E-state index in [1.807, 2.05) is 5.38 Å². The standard InChI is InChI=1S/C12H8Br2N2O2S/c13-8-4-7(11(17)9(14)5-8)6-15-16-12(18)10-2-1-3-19-10/h1-6,17H,(H,16,18)/b15-6+. The zero-order valence-corrected chi connectivity index (χ0v) is 13.4. The number of hydrazone groups is 1. The summed E-state index contributed by atoms with van der Waals surface area (Å²) < 4.78 is 1.34. The number of amides is 1. The lowest BCUT2D eigenvalue weighted by atomic mass is 10.2. The van der Waals surface area contributed by atoms with Gasteiger partial charge >= 0.3 is 0 Å². The van der Waals surface area contributed by atoms with Gasteiger partial charge in [-0.15, -0.1) is 11.3 Å². The van der Waals surface area contributed by atoms with E-state index < -0.39 is 0 Å². The number of phenolic OH excluding ortho intramolecular Hbond substituents is 1. The molecule has 0 aliphatic rings. The van der Waals surface area contributed by atoms with Gasteiger partial charge in [0.15, 0.2) is 0 Å². The molecule has 0 unspecified atom stereocenters. The van der Waals surface area contributed by atoms with Gasteiger partial charge in [0.2, 0.25) is 0 Å². The van der Waals surface area contributed by atoms with Crippen LogP contribution >= 0.6 is 43.2 Å². The molecule has 0 atom stereocenters. The number of thiophene rings is 1. The Bertz CT molecular complexity index is 627. The van der Waals surface area contributed by atoms with Crippen LogP contribution in [0.15, 0.2) is 43.7 Å². The molecule has 1 heterocycles. The maximum Gasteiger partial charge on any atom is 0.281 e. The van der Waals surface area contributed by atoms with Crippen molar-refractivity contribution in [2.24, 2.45) is 5.10 Å². The normalized spacial score (nSPS) is 10.8. The summed E-state index contributed by atoms with van der Waals surface area (Å²) in [6.45, 7) is 0. The third kappa shape index (κ3) is 3.65. The second kappa shape index (κ2) is 6.31. The van der Waals surface area contributed by atoms with Crippen molar-refractivity contribution < 1.29 is 9.90 Å². The largest absolute Gasteiger partial charge is 0.506 e. The summed E-state index contributed by atoms with van der Waals surface area (Å²) in [7, 11) is 0. The third-order valence-corrected chi connectivity index (χ3v) is 4.10. The Morgan fingerprint density at radius 2 is 2.21 bits per heavy atom. The molecule has 0 bridgehead atoms. The van der Waals surface area contributed by atoms with Gasteiger partial charge in [-0.3, -0.25) is 4.79 Å². The summed E-state index contributed by atoms with van der Waals surface area (Å²) in [6, 6.07) is 6.92. The maximum absolute atomic E-state index is 11.6. The van der Waals surface area contributed by atoms with Gasteiger partial charge in [-0.1, -0.05) is 22.0 Å². The molecule has 2 rings (SSSR count). The van der Waals surface area contributed by atoms with Crippen molar-refractivity contribution in [3.63, 3.8) is 0 Å².